The number of ether oxygens (including phenoxy) is 4. The Bertz CT molecular complexity index is 1200. The van der Waals surface area contributed by atoms with Crippen molar-refractivity contribution < 1.29 is 18.9 Å². The van der Waals surface area contributed by atoms with E-state index in [2.05, 4.69) is 49.2 Å². The highest BCUT2D eigenvalue weighted by molar-refractivity contribution is 5.68. The Hall–Kier alpha value is -3.16. The van der Waals surface area contributed by atoms with Crippen molar-refractivity contribution in [2.75, 3.05) is 19.8 Å². The summed E-state index contributed by atoms with van der Waals surface area (Å²) in [5.41, 5.74) is 5.38. The van der Waals surface area contributed by atoms with E-state index in [9.17, 15) is 4.79 Å². The first-order chi connectivity index (χ1) is 16.6. The summed E-state index contributed by atoms with van der Waals surface area (Å²) in [6.45, 7) is 6.82. The van der Waals surface area contributed by atoms with Crippen molar-refractivity contribution in [3.8, 4) is 22.9 Å². The van der Waals surface area contributed by atoms with Crippen LogP contribution in [-0.2, 0) is 22.6 Å². The first-order valence-corrected chi connectivity index (χ1v) is 11.8. The van der Waals surface area contributed by atoms with Gasteiger partial charge in [-0.2, -0.15) is 4.98 Å². The normalized spacial score (nSPS) is 19.1. The summed E-state index contributed by atoms with van der Waals surface area (Å²) in [6, 6.07) is 16.3. The molecule has 3 aromatic rings. The van der Waals surface area contributed by atoms with Crippen LogP contribution in [0.1, 0.15) is 29.7 Å². The minimum Gasteiger partial charge on any atom is -0.490 e. The Morgan fingerprint density at radius 3 is 2.74 bits per heavy atom. The maximum atomic E-state index is 12.0. The summed E-state index contributed by atoms with van der Waals surface area (Å²) in [5, 5.41) is 0. The fraction of sp³-hybridized carbons (Fsp3) is 0.407. The molecule has 2 aliphatic heterocycles. The number of benzene rings is 2. The fourth-order valence-corrected chi connectivity index (χ4v) is 4.47. The first-order valence-electron chi connectivity index (χ1n) is 11.8. The first kappa shape index (κ1) is 22.6. The van der Waals surface area contributed by atoms with Gasteiger partial charge in [-0.25, -0.2) is 0 Å². The van der Waals surface area contributed by atoms with Crippen LogP contribution in [0.25, 0.3) is 11.1 Å². The van der Waals surface area contributed by atoms with Gasteiger partial charge in [0.15, 0.2) is 6.10 Å². The molecule has 178 valence electrons. The van der Waals surface area contributed by atoms with Crippen molar-refractivity contribution in [1.29, 1.82) is 0 Å². The summed E-state index contributed by atoms with van der Waals surface area (Å²) in [7, 11) is 0. The zero-order chi connectivity index (χ0) is 23.5. The summed E-state index contributed by atoms with van der Waals surface area (Å²) in [5.74, 6) is 0.774. The number of rotatable bonds is 8. The Morgan fingerprint density at radius 1 is 1.09 bits per heavy atom. The van der Waals surface area contributed by atoms with Crippen LogP contribution in [0, 0.1) is 13.8 Å². The van der Waals surface area contributed by atoms with Crippen LogP contribution in [0.15, 0.2) is 53.3 Å². The zero-order valence-corrected chi connectivity index (χ0v) is 19.7. The van der Waals surface area contributed by atoms with E-state index in [0.717, 1.165) is 36.5 Å². The van der Waals surface area contributed by atoms with E-state index in [1.54, 1.807) is 0 Å². The Kier molecular flexibility index (Phi) is 6.65. The van der Waals surface area contributed by atoms with E-state index in [1.165, 1.54) is 22.8 Å². The molecule has 2 aliphatic rings. The van der Waals surface area contributed by atoms with Gasteiger partial charge in [0.1, 0.15) is 12.4 Å². The van der Waals surface area contributed by atoms with Gasteiger partial charge in [0.05, 0.1) is 31.6 Å². The predicted octanol–water partition coefficient (Wildman–Crippen LogP) is 4.06. The predicted molar refractivity (Wildman–Crippen MR) is 128 cm³/mol. The number of aromatic nitrogens is 2. The minimum absolute atomic E-state index is 0.144. The standard InChI is InChI=1S/C27H30N2O5/c1-18-5-3-7-25(19(18)2)20-8-10-22(11-9-20)33-17-24-14-29-21(13-26(30)28-27(29)34-24)15-31-16-23-6-4-12-32-23/h3,5,7-11,13,23-24H,4,6,12,14-17H2,1-2H3. The van der Waals surface area contributed by atoms with Crippen molar-refractivity contribution in [1.82, 2.24) is 9.55 Å². The summed E-state index contributed by atoms with van der Waals surface area (Å²) in [6.07, 6.45) is 2.00. The van der Waals surface area contributed by atoms with Crippen molar-refractivity contribution in [2.45, 2.75) is 52.0 Å². The van der Waals surface area contributed by atoms with Gasteiger partial charge in [0, 0.05) is 12.7 Å². The fourth-order valence-electron chi connectivity index (χ4n) is 4.47. The molecule has 2 atom stereocenters. The van der Waals surface area contributed by atoms with E-state index < -0.39 is 0 Å². The lowest BCUT2D eigenvalue weighted by Gasteiger charge is -2.13. The molecule has 0 bridgehead atoms. The van der Waals surface area contributed by atoms with Crippen molar-refractivity contribution in [3.63, 3.8) is 0 Å². The number of fused-ring (bicyclic) bond motifs is 1. The third kappa shape index (κ3) is 5.00. The van der Waals surface area contributed by atoms with Crippen molar-refractivity contribution in [2.24, 2.45) is 0 Å². The summed E-state index contributed by atoms with van der Waals surface area (Å²) in [4.78, 5) is 16.0. The monoisotopic (exact) mass is 462 g/mol. The van der Waals surface area contributed by atoms with Gasteiger partial charge in [-0.15, -0.1) is 0 Å². The molecule has 2 aromatic carbocycles. The molecule has 1 aromatic heterocycles. The van der Waals surface area contributed by atoms with Crippen LogP contribution in [0.5, 0.6) is 11.8 Å². The summed E-state index contributed by atoms with van der Waals surface area (Å²) >= 11 is 0. The molecule has 0 saturated carbocycles. The molecular weight excluding hydrogens is 432 g/mol. The van der Waals surface area contributed by atoms with Gasteiger partial charge >= 0.3 is 6.01 Å². The second kappa shape index (κ2) is 9.99. The molecule has 7 heteroatoms. The molecule has 1 saturated heterocycles. The third-order valence-electron chi connectivity index (χ3n) is 6.52. The molecule has 5 rings (SSSR count). The molecule has 3 heterocycles. The van der Waals surface area contributed by atoms with E-state index in [1.807, 2.05) is 16.7 Å². The number of hydrogen-bond donors (Lipinski definition) is 0. The van der Waals surface area contributed by atoms with E-state index in [0.29, 0.717) is 32.4 Å². The number of nitrogens with zero attached hydrogens (tertiary/aromatic N) is 2. The highest BCUT2D eigenvalue weighted by atomic mass is 16.6. The van der Waals surface area contributed by atoms with Gasteiger partial charge in [-0.1, -0.05) is 30.3 Å². The molecule has 7 nitrogen and oxygen atoms in total. The van der Waals surface area contributed by atoms with Crippen LogP contribution < -0.4 is 15.0 Å². The summed E-state index contributed by atoms with van der Waals surface area (Å²) < 4.78 is 25.2. The van der Waals surface area contributed by atoms with Crippen molar-refractivity contribution in [3.05, 3.63) is 75.7 Å². The third-order valence-corrected chi connectivity index (χ3v) is 6.52. The van der Waals surface area contributed by atoms with E-state index >= 15 is 0 Å². The van der Waals surface area contributed by atoms with Crippen LogP contribution in [0.2, 0.25) is 0 Å². The average molecular weight is 463 g/mol. The van der Waals surface area contributed by atoms with Crippen LogP contribution in [-0.4, -0.2) is 41.6 Å². The van der Waals surface area contributed by atoms with E-state index in [-0.39, 0.29) is 17.8 Å². The van der Waals surface area contributed by atoms with Crippen molar-refractivity contribution >= 4 is 0 Å². The Labute approximate surface area is 199 Å². The lowest BCUT2D eigenvalue weighted by molar-refractivity contribution is 0.00873. The van der Waals surface area contributed by atoms with Crippen LogP contribution in [0.3, 0.4) is 0 Å². The molecule has 2 unspecified atom stereocenters. The largest absolute Gasteiger partial charge is 0.490 e. The maximum Gasteiger partial charge on any atom is 0.300 e. The minimum atomic E-state index is -0.328. The van der Waals surface area contributed by atoms with Crippen LogP contribution >= 0.6 is 0 Å². The van der Waals surface area contributed by atoms with Gasteiger partial charge in [0.2, 0.25) is 0 Å². The highest BCUT2D eigenvalue weighted by Gasteiger charge is 2.27. The number of hydrogen-bond acceptors (Lipinski definition) is 6. The molecule has 0 radical (unpaired) electrons. The van der Waals surface area contributed by atoms with Gasteiger partial charge in [-0.3, -0.25) is 9.36 Å². The molecule has 34 heavy (non-hydrogen) atoms. The zero-order valence-electron chi connectivity index (χ0n) is 19.7. The highest BCUT2D eigenvalue weighted by Crippen LogP contribution is 2.28. The lowest BCUT2D eigenvalue weighted by Crippen LogP contribution is -2.23. The molecule has 0 N–H and O–H groups in total. The lowest BCUT2D eigenvalue weighted by atomic mass is 9.97. The second-order valence-electron chi connectivity index (χ2n) is 8.95. The molecule has 0 spiro atoms. The van der Waals surface area contributed by atoms with E-state index in [4.69, 9.17) is 18.9 Å². The number of aryl methyl sites for hydroxylation is 1. The van der Waals surface area contributed by atoms with Gasteiger partial charge in [-0.05, 0) is 61.1 Å². The topological polar surface area (TPSA) is 71.8 Å². The smallest absolute Gasteiger partial charge is 0.300 e. The molecule has 0 amide bonds. The quantitative estimate of drug-likeness (QED) is 0.503. The van der Waals surface area contributed by atoms with Gasteiger partial charge in [0.25, 0.3) is 5.56 Å². The van der Waals surface area contributed by atoms with Gasteiger partial charge < -0.3 is 18.9 Å². The SMILES string of the molecule is Cc1cccc(-c2ccc(OCC3Cn4c(COCC5CCCO5)cc(=O)nc4O3)cc2)c1C. The second-order valence-corrected chi connectivity index (χ2v) is 8.95. The molecule has 1 fully saturated rings. The van der Waals surface area contributed by atoms with Crippen LogP contribution in [0.4, 0.5) is 0 Å². The molecular formula is C27H30N2O5. The molecule has 0 aliphatic carbocycles. The Morgan fingerprint density at radius 2 is 1.94 bits per heavy atom. The Balaban J connectivity index is 1.18. The average Bonchev–Trinajstić information content (AvgIpc) is 3.50. The maximum absolute atomic E-state index is 12.0.